The Hall–Kier alpha value is -1.78. The van der Waals surface area contributed by atoms with Crippen molar-refractivity contribution in [2.24, 2.45) is 5.92 Å². The molecule has 0 aliphatic carbocycles. The van der Waals surface area contributed by atoms with Gasteiger partial charge in [-0.1, -0.05) is 20.3 Å². The summed E-state index contributed by atoms with van der Waals surface area (Å²) in [6, 6.07) is -0.883. The molecule has 0 radical (unpaired) electrons. The van der Waals surface area contributed by atoms with Gasteiger partial charge >= 0.3 is 5.97 Å². The van der Waals surface area contributed by atoms with Crippen molar-refractivity contribution in [1.82, 2.24) is 5.32 Å². The molecule has 1 amide bonds. The monoisotopic (exact) mass is 267 g/mol. The van der Waals surface area contributed by atoms with Crippen molar-refractivity contribution in [2.75, 3.05) is 0 Å². The number of carbonyl (C=O) groups is 2. The van der Waals surface area contributed by atoms with Gasteiger partial charge in [-0.15, -0.1) is 0 Å². The van der Waals surface area contributed by atoms with Crippen LogP contribution >= 0.6 is 0 Å². The van der Waals surface area contributed by atoms with Gasteiger partial charge in [0.1, 0.15) is 17.6 Å². The second-order valence-corrected chi connectivity index (χ2v) is 4.89. The first-order valence-corrected chi connectivity index (χ1v) is 6.39. The van der Waals surface area contributed by atoms with Crippen LogP contribution in [-0.2, 0) is 4.79 Å². The number of furan rings is 1. The fraction of sp³-hybridized carbons (Fsp3) is 0.571. The third-order valence-corrected chi connectivity index (χ3v) is 3.55. The summed E-state index contributed by atoms with van der Waals surface area (Å²) in [7, 11) is 0. The molecule has 2 atom stereocenters. The lowest BCUT2D eigenvalue weighted by atomic mass is 9.98. The average Bonchev–Trinajstić information content (AvgIpc) is 2.58. The zero-order valence-electron chi connectivity index (χ0n) is 12.0. The quantitative estimate of drug-likeness (QED) is 0.858. The van der Waals surface area contributed by atoms with Crippen molar-refractivity contribution in [2.45, 2.75) is 47.1 Å². The number of aryl methyl sites for hydroxylation is 2. The largest absolute Gasteiger partial charge is 0.480 e. The highest BCUT2D eigenvalue weighted by Gasteiger charge is 2.28. The van der Waals surface area contributed by atoms with Crippen LogP contribution < -0.4 is 5.32 Å². The smallest absolute Gasteiger partial charge is 0.326 e. The maximum Gasteiger partial charge on any atom is 0.326 e. The molecule has 0 aromatic carbocycles. The van der Waals surface area contributed by atoms with E-state index in [1.165, 1.54) is 0 Å². The van der Waals surface area contributed by atoms with Crippen LogP contribution in [0.3, 0.4) is 0 Å². The fourth-order valence-corrected chi connectivity index (χ4v) is 2.02. The molecule has 0 saturated heterocycles. The van der Waals surface area contributed by atoms with Gasteiger partial charge in [0.15, 0.2) is 0 Å². The van der Waals surface area contributed by atoms with Gasteiger partial charge in [-0.05, 0) is 26.7 Å². The molecule has 5 nitrogen and oxygen atoms in total. The number of amides is 1. The number of aliphatic carboxylic acids is 1. The van der Waals surface area contributed by atoms with E-state index >= 15 is 0 Å². The van der Waals surface area contributed by atoms with Gasteiger partial charge in [0.25, 0.3) is 5.91 Å². The Kier molecular flexibility index (Phi) is 4.75. The van der Waals surface area contributed by atoms with Crippen molar-refractivity contribution >= 4 is 11.9 Å². The van der Waals surface area contributed by atoms with E-state index in [2.05, 4.69) is 5.32 Å². The molecule has 0 fully saturated rings. The van der Waals surface area contributed by atoms with E-state index in [0.717, 1.165) is 5.56 Å². The molecule has 19 heavy (non-hydrogen) atoms. The SMILES string of the molecule is CCC(C)C(NC(=O)c1c(C)oc(C)c1C)C(=O)O. The first-order valence-electron chi connectivity index (χ1n) is 6.39. The summed E-state index contributed by atoms with van der Waals surface area (Å²) >= 11 is 0. The molecule has 1 aromatic rings. The van der Waals surface area contributed by atoms with Crippen LogP contribution in [-0.4, -0.2) is 23.0 Å². The summed E-state index contributed by atoms with van der Waals surface area (Å²) in [6.07, 6.45) is 0.680. The van der Waals surface area contributed by atoms with Crippen molar-refractivity contribution in [3.63, 3.8) is 0 Å². The lowest BCUT2D eigenvalue weighted by Crippen LogP contribution is -2.45. The minimum absolute atomic E-state index is 0.130. The Bertz CT molecular complexity index is 490. The molecule has 1 heterocycles. The predicted molar refractivity (Wildman–Crippen MR) is 71.3 cm³/mol. The molecule has 2 N–H and O–H groups in total. The average molecular weight is 267 g/mol. The third-order valence-electron chi connectivity index (χ3n) is 3.55. The lowest BCUT2D eigenvalue weighted by Gasteiger charge is -2.20. The Morgan fingerprint density at radius 1 is 1.26 bits per heavy atom. The zero-order valence-corrected chi connectivity index (χ0v) is 12.0. The molecule has 1 rings (SSSR count). The highest BCUT2D eigenvalue weighted by Crippen LogP contribution is 2.21. The van der Waals surface area contributed by atoms with Crippen molar-refractivity contribution in [1.29, 1.82) is 0 Å². The van der Waals surface area contributed by atoms with E-state index in [1.807, 2.05) is 6.92 Å². The molecule has 2 unspecified atom stereocenters. The summed E-state index contributed by atoms with van der Waals surface area (Å²) in [4.78, 5) is 23.4. The Balaban J connectivity index is 2.97. The van der Waals surface area contributed by atoms with Crippen LogP contribution in [0.4, 0.5) is 0 Å². The minimum Gasteiger partial charge on any atom is -0.480 e. The van der Waals surface area contributed by atoms with Crippen LogP contribution in [0, 0.1) is 26.7 Å². The summed E-state index contributed by atoms with van der Waals surface area (Å²) in [6.45, 7) is 8.97. The van der Waals surface area contributed by atoms with E-state index < -0.39 is 12.0 Å². The lowest BCUT2D eigenvalue weighted by molar-refractivity contribution is -0.140. The van der Waals surface area contributed by atoms with Gasteiger partial charge in [0, 0.05) is 5.56 Å². The molecule has 0 spiro atoms. The second kappa shape index (κ2) is 5.91. The number of nitrogens with one attached hydrogen (secondary N) is 1. The maximum absolute atomic E-state index is 12.2. The van der Waals surface area contributed by atoms with E-state index in [-0.39, 0.29) is 11.8 Å². The normalized spacial score (nSPS) is 13.9. The molecule has 0 bridgehead atoms. The van der Waals surface area contributed by atoms with Crippen molar-refractivity contribution < 1.29 is 19.1 Å². The summed E-state index contributed by atoms with van der Waals surface area (Å²) < 4.78 is 5.39. The van der Waals surface area contributed by atoms with Gasteiger partial charge in [-0.2, -0.15) is 0 Å². The topological polar surface area (TPSA) is 79.5 Å². The van der Waals surface area contributed by atoms with Gasteiger partial charge in [-0.3, -0.25) is 4.79 Å². The van der Waals surface area contributed by atoms with Gasteiger partial charge in [0.2, 0.25) is 0 Å². The van der Waals surface area contributed by atoms with E-state index in [1.54, 1.807) is 27.7 Å². The van der Waals surface area contributed by atoms with E-state index in [4.69, 9.17) is 4.42 Å². The molecular formula is C14H21NO4. The van der Waals surface area contributed by atoms with Crippen molar-refractivity contribution in [3.05, 3.63) is 22.6 Å². The van der Waals surface area contributed by atoms with Crippen LogP contribution in [0.1, 0.15) is 47.7 Å². The van der Waals surface area contributed by atoms with Gasteiger partial charge in [0.05, 0.1) is 5.56 Å². The Morgan fingerprint density at radius 2 is 1.84 bits per heavy atom. The van der Waals surface area contributed by atoms with Crippen LogP contribution in [0.5, 0.6) is 0 Å². The third kappa shape index (κ3) is 3.16. The van der Waals surface area contributed by atoms with Crippen LogP contribution in [0.25, 0.3) is 0 Å². The first kappa shape index (κ1) is 15.3. The highest BCUT2D eigenvalue weighted by molar-refractivity contribution is 5.98. The molecular weight excluding hydrogens is 246 g/mol. The van der Waals surface area contributed by atoms with Gasteiger partial charge < -0.3 is 14.8 Å². The maximum atomic E-state index is 12.2. The Morgan fingerprint density at radius 3 is 2.21 bits per heavy atom. The van der Waals surface area contributed by atoms with E-state index in [9.17, 15) is 14.7 Å². The number of carbonyl (C=O) groups excluding carboxylic acids is 1. The number of rotatable bonds is 5. The van der Waals surface area contributed by atoms with Gasteiger partial charge in [-0.25, -0.2) is 4.79 Å². The fourth-order valence-electron chi connectivity index (χ4n) is 2.02. The molecule has 5 heteroatoms. The molecule has 0 aliphatic heterocycles. The highest BCUT2D eigenvalue weighted by atomic mass is 16.4. The number of carboxylic acid groups (broad SMARTS) is 1. The second-order valence-electron chi connectivity index (χ2n) is 4.89. The molecule has 0 saturated carbocycles. The first-order chi connectivity index (χ1) is 8.79. The van der Waals surface area contributed by atoms with E-state index in [0.29, 0.717) is 23.5 Å². The number of hydrogen-bond acceptors (Lipinski definition) is 3. The standard InChI is InChI=1S/C14H21NO4/c1-6-7(2)12(14(17)18)15-13(16)11-8(3)9(4)19-10(11)5/h7,12H,6H2,1-5H3,(H,15,16)(H,17,18). The number of hydrogen-bond donors (Lipinski definition) is 2. The molecule has 0 aliphatic rings. The zero-order chi connectivity index (χ0) is 14.7. The summed E-state index contributed by atoms with van der Waals surface area (Å²) in [5.41, 5.74) is 1.19. The minimum atomic E-state index is -1.02. The summed E-state index contributed by atoms with van der Waals surface area (Å²) in [5.74, 6) is -0.341. The van der Waals surface area contributed by atoms with Crippen LogP contribution in [0.2, 0.25) is 0 Å². The van der Waals surface area contributed by atoms with Crippen LogP contribution in [0.15, 0.2) is 4.42 Å². The Labute approximate surface area is 113 Å². The molecule has 106 valence electrons. The predicted octanol–water partition coefficient (Wildman–Crippen LogP) is 2.43. The number of carboxylic acids is 1. The molecule has 1 aromatic heterocycles. The summed E-state index contributed by atoms with van der Waals surface area (Å²) in [5, 5.41) is 11.8. The van der Waals surface area contributed by atoms with Crippen molar-refractivity contribution in [3.8, 4) is 0 Å².